The molecule has 0 spiro atoms. The lowest BCUT2D eigenvalue weighted by molar-refractivity contribution is 0.0697. The van der Waals surface area contributed by atoms with Gasteiger partial charge in [-0.1, -0.05) is 12.1 Å². The van der Waals surface area contributed by atoms with Crippen molar-refractivity contribution in [2.45, 2.75) is 13.8 Å². The molecule has 2 aromatic rings. The Balaban J connectivity index is 1.81. The topological polar surface area (TPSA) is 55.8 Å². The summed E-state index contributed by atoms with van der Waals surface area (Å²) < 4.78 is 11.2. The lowest BCUT2D eigenvalue weighted by Gasteiger charge is -2.11. The molecule has 0 aromatic heterocycles. The molecule has 0 saturated carbocycles. The van der Waals surface area contributed by atoms with E-state index in [9.17, 15) is 4.79 Å². The fourth-order valence-electron chi connectivity index (χ4n) is 1.87. The molecule has 4 heteroatoms. The highest BCUT2D eigenvalue weighted by atomic mass is 16.5. The van der Waals surface area contributed by atoms with Gasteiger partial charge in [-0.2, -0.15) is 0 Å². The summed E-state index contributed by atoms with van der Waals surface area (Å²) in [5.41, 5.74) is 2.49. The Labute approximate surface area is 123 Å². The van der Waals surface area contributed by atoms with Crippen molar-refractivity contribution in [3.05, 3.63) is 59.2 Å². The van der Waals surface area contributed by atoms with Gasteiger partial charge in [-0.25, -0.2) is 4.79 Å². The quantitative estimate of drug-likeness (QED) is 0.826. The molecular formula is C17H18O4. The maximum absolute atomic E-state index is 10.7. The van der Waals surface area contributed by atoms with Crippen LogP contribution in [0.4, 0.5) is 0 Å². The molecule has 0 aliphatic rings. The van der Waals surface area contributed by atoms with E-state index >= 15 is 0 Å². The first kappa shape index (κ1) is 14.9. The van der Waals surface area contributed by atoms with Gasteiger partial charge in [0.05, 0.1) is 5.56 Å². The van der Waals surface area contributed by atoms with Crippen LogP contribution in [0.15, 0.2) is 42.5 Å². The fourth-order valence-corrected chi connectivity index (χ4v) is 1.87. The first-order valence-corrected chi connectivity index (χ1v) is 6.72. The molecule has 0 unspecified atom stereocenters. The number of rotatable bonds is 6. The summed E-state index contributed by atoms with van der Waals surface area (Å²) in [6.45, 7) is 4.86. The molecule has 0 radical (unpaired) electrons. The lowest BCUT2D eigenvalue weighted by atomic mass is 10.1. The molecular weight excluding hydrogens is 268 g/mol. The van der Waals surface area contributed by atoms with Gasteiger partial charge in [0.1, 0.15) is 24.7 Å². The van der Waals surface area contributed by atoms with Crippen molar-refractivity contribution in [1.29, 1.82) is 0 Å². The third-order valence-electron chi connectivity index (χ3n) is 3.05. The molecule has 4 nitrogen and oxygen atoms in total. The van der Waals surface area contributed by atoms with Crippen molar-refractivity contribution < 1.29 is 19.4 Å². The lowest BCUT2D eigenvalue weighted by Crippen LogP contribution is -2.09. The summed E-state index contributed by atoms with van der Waals surface area (Å²) in [4.78, 5) is 10.7. The Morgan fingerprint density at radius 2 is 1.67 bits per heavy atom. The Kier molecular flexibility index (Phi) is 4.82. The molecule has 0 saturated heterocycles. The number of hydrogen-bond donors (Lipinski definition) is 1. The molecule has 110 valence electrons. The Morgan fingerprint density at radius 3 is 2.33 bits per heavy atom. The fraction of sp³-hybridized carbons (Fsp3) is 0.235. The predicted molar refractivity (Wildman–Crippen MR) is 80.3 cm³/mol. The largest absolute Gasteiger partial charge is 0.490 e. The summed E-state index contributed by atoms with van der Waals surface area (Å²) >= 11 is 0. The van der Waals surface area contributed by atoms with Crippen LogP contribution in [0.1, 0.15) is 21.5 Å². The van der Waals surface area contributed by atoms with Crippen molar-refractivity contribution in [2.75, 3.05) is 13.2 Å². The van der Waals surface area contributed by atoms with Gasteiger partial charge in [0, 0.05) is 0 Å². The second-order valence-electron chi connectivity index (χ2n) is 4.80. The molecule has 0 amide bonds. The highest BCUT2D eigenvalue weighted by molar-refractivity contribution is 5.87. The molecule has 0 atom stereocenters. The number of benzene rings is 2. The van der Waals surface area contributed by atoms with Crippen molar-refractivity contribution in [2.24, 2.45) is 0 Å². The van der Waals surface area contributed by atoms with Crippen molar-refractivity contribution >= 4 is 5.97 Å². The maximum atomic E-state index is 10.7. The highest BCUT2D eigenvalue weighted by Crippen LogP contribution is 2.19. The van der Waals surface area contributed by atoms with Gasteiger partial charge >= 0.3 is 5.97 Å². The van der Waals surface area contributed by atoms with Crippen LogP contribution in [0.25, 0.3) is 0 Å². The summed E-state index contributed by atoms with van der Waals surface area (Å²) in [5, 5.41) is 8.80. The van der Waals surface area contributed by atoms with Crippen molar-refractivity contribution in [1.82, 2.24) is 0 Å². The minimum absolute atomic E-state index is 0.244. The number of carboxylic acids is 1. The highest BCUT2D eigenvalue weighted by Gasteiger charge is 2.03. The van der Waals surface area contributed by atoms with Crippen LogP contribution in [0.3, 0.4) is 0 Å². The average Bonchev–Trinajstić information content (AvgIpc) is 2.47. The second-order valence-corrected chi connectivity index (χ2v) is 4.80. The molecule has 2 aromatic carbocycles. The molecule has 0 bridgehead atoms. The molecule has 2 rings (SSSR count). The monoisotopic (exact) mass is 286 g/mol. The zero-order valence-corrected chi connectivity index (χ0v) is 12.1. The van der Waals surface area contributed by atoms with Crippen LogP contribution in [0, 0.1) is 13.8 Å². The SMILES string of the molecule is Cc1ccc(C)c(OCCOc2ccc(C(=O)O)cc2)c1. The third-order valence-corrected chi connectivity index (χ3v) is 3.05. The number of aryl methyl sites for hydroxylation is 2. The molecule has 21 heavy (non-hydrogen) atoms. The van der Waals surface area contributed by atoms with Gasteiger partial charge in [0.2, 0.25) is 0 Å². The van der Waals surface area contributed by atoms with Crippen molar-refractivity contribution in [3.63, 3.8) is 0 Å². The van der Waals surface area contributed by atoms with E-state index in [1.165, 1.54) is 12.1 Å². The minimum atomic E-state index is -0.945. The second kappa shape index (κ2) is 6.79. The number of ether oxygens (including phenoxy) is 2. The Bertz CT molecular complexity index is 617. The van der Waals surface area contributed by atoms with Crippen LogP contribution in [0.5, 0.6) is 11.5 Å². The van der Waals surface area contributed by atoms with E-state index in [-0.39, 0.29) is 5.56 Å². The smallest absolute Gasteiger partial charge is 0.335 e. The number of hydrogen-bond acceptors (Lipinski definition) is 3. The zero-order chi connectivity index (χ0) is 15.2. The van der Waals surface area contributed by atoms with Crippen LogP contribution in [-0.2, 0) is 0 Å². The van der Waals surface area contributed by atoms with Gasteiger partial charge in [-0.3, -0.25) is 0 Å². The standard InChI is InChI=1S/C17H18O4/c1-12-3-4-13(2)16(11-12)21-10-9-20-15-7-5-14(6-8-15)17(18)19/h3-8,11H,9-10H2,1-2H3,(H,18,19). The average molecular weight is 286 g/mol. The number of aromatic carboxylic acids is 1. The van der Waals surface area contributed by atoms with E-state index in [2.05, 4.69) is 0 Å². The minimum Gasteiger partial charge on any atom is -0.490 e. The van der Waals surface area contributed by atoms with E-state index in [1.54, 1.807) is 12.1 Å². The van der Waals surface area contributed by atoms with Crippen LogP contribution in [-0.4, -0.2) is 24.3 Å². The van der Waals surface area contributed by atoms with Gasteiger partial charge in [0.15, 0.2) is 0 Å². The Hall–Kier alpha value is -2.49. The first-order valence-electron chi connectivity index (χ1n) is 6.72. The van der Waals surface area contributed by atoms with E-state index in [4.69, 9.17) is 14.6 Å². The summed E-state index contributed by atoms with van der Waals surface area (Å²) in [6.07, 6.45) is 0. The zero-order valence-electron chi connectivity index (χ0n) is 12.1. The van der Waals surface area contributed by atoms with Crippen LogP contribution < -0.4 is 9.47 Å². The van der Waals surface area contributed by atoms with Crippen LogP contribution >= 0.6 is 0 Å². The van der Waals surface area contributed by atoms with Crippen molar-refractivity contribution in [3.8, 4) is 11.5 Å². The summed E-state index contributed by atoms with van der Waals surface area (Å²) in [7, 11) is 0. The molecule has 1 N–H and O–H groups in total. The van der Waals surface area contributed by atoms with E-state index in [0.717, 1.165) is 16.9 Å². The molecule has 0 fully saturated rings. The molecule has 0 heterocycles. The number of carbonyl (C=O) groups is 1. The van der Waals surface area contributed by atoms with E-state index < -0.39 is 5.97 Å². The number of carboxylic acid groups (broad SMARTS) is 1. The molecule has 0 aliphatic carbocycles. The maximum Gasteiger partial charge on any atom is 0.335 e. The predicted octanol–water partition coefficient (Wildman–Crippen LogP) is 3.46. The van der Waals surface area contributed by atoms with Gasteiger partial charge in [-0.05, 0) is 55.3 Å². The van der Waals surface area contributed by atoms with Crippen LogP contribution in [0.2, 0.25) is 0 Å². The van der Waals surface area contributed by atoms with E-state index in [1.807, 2.05) is 32.0 Å². The normalized spacial score (nSPS) is 10.2. The van der Waals surface area contributed by atoms with E-state index in [0.29, 0.717) is 19.0 Å². The van der Waals surface area contributed by atoms with Gasteiger partial charge in [0.25, 0.3) is 0 Å². The van der Waals surface area contributed by atoms with Gasteiger partial charge < -0.3 is 14.6 Å². The Morgan fingerprint density at radius 1 is 1.00 bits per heavy atom. The summed E-state index contributed by atoms with van der Waals surface area (Å²) in [5.74, 6) is 0.546. The summed E-state index contributed by atoms with van der Waals surface area (Å²) in [6, 6.07) is 12.4. The third kappa shape index (κ3) is 4.24. The first-order chi connectivity index (χ1) is 10.1. The molecule has 0 aliphatic heterocycles. The van der Waals surface area contributed by atoms with Gasteiger partial charge in [-0.15, -0.1) is 0 Å².